The Labute approximate surface area is 94.5 Å². The van der Waals surface area contributed by atoms with Crippen LogP contribution >= 0.6 is 0 Å². The zero-order chi connectivity index (χ0) is 11.5. The van der Waals surface area contributed by atoms with Gasteiger partial charge in [-0.15, -0.1) is 0 Å². The first kappa shape index (κ1) is 10.9. The molecule has 0 aliphatic heterocycles. The van der Waals surface area contributed by atoms with Gasteiger partial charge in [-0.3, -0.25) is 0 Å². The molecule has 2 unspecified atom stereocenters. The second-order valence-corrected chi connectivity index (χ2v) is 4.14. The maximum absolute atomic E-state index is 13.5. The quantitative estimate of drug-likeness (QED) is 0.766. The molecule has 84 valence electrons. The number of hydrogen-bond acceptors (Lipinski definition) is 3. The van der Waals surface area contributed by atoms with Crippen molar-refractivity contribution in [1.82, 2.24) is 4.98 Å². The van der Waals surface area contributed by atoms with Gasteiger partial charge >= 0.3 is 0 Å². The molecule has 0 saturated heterocycles. The van der Waals surface area contributed by atoms with Crippen LogP contribution < -0.4 is 4.90 Å². The van der Waals surface area contributed by atoms with Crippen molar-refractivity contribution in [2.45, 2.75) is 31.5 Å². The highest BCUT2D eigenvalue weighted by Gasteiger charge is 2.30. The predicted molar refractivity (Wildman–Crippen MR) is 59.9 cm³/mol. The van der Waals surface area contributed by atoms with Gasteiger partial charge in [0.15, 0.2) is 0 Å². The molecule has 1 heterocycles. The fraction of sp³-hybridized carbons (Fsp3) is 0.500. The van der Waals surface area contributed by atoms with Gasteiger partial charge in [-0.05, 0) is 31.4 Å². The number of alkyl halides is 1. The predicted octanol–water partition coefficient (Wildman–Crippen LogP) is 2.28. The minimum atomic E-state index is -0.762. The van der Waals surface area contributed by atoms with Crippen molar-refractivity contribution in [3.63, 3.8) is 0 Å². The van der Waals surface area contributed by atoms with Crippen molar-refractivity contribution in [3.05, 3.63) is 23.9 Å². The van der Waals surface area contributed by atoms with E-state index in [-0.39, 0.29) is 6.04 Å². The number of anilines is 1. The Morgan fingerprint density at radius 1 is 1.50 bits per heavy atom. The summed E-state index contributed by atoms with van der Waals surface area (Å²) < 4.78 is 13.5. The fourth-order valence-electron chi connectivity index (χ4n) is 2.16. The van der Waals surface area contributed by atoms with E-state index >= 15 is 0 Å². The van der Waals surface area contributed by atoms with E-state index in [9.17, 15) is 4.39 Å². The third kappa shape index (κ3) is 1.99. The first-order valence-corrected chi connectivity index (χ1v) is 5.45. The van der Waals surface area contributed by atoms with E-state index in [4.69, 9.17) is 5.26 Å². The van der Waals surface area contributed by atoms with Gasteiger partial charge in [0.2, 0.25) is 0 Å². The van der Waals surface area contributed by atoms with Crippen molar-refractivity contribution in [3.8, 4) is 6.07 Å². The summed E-state index contributed by atoms with van der Waals surface area (Å²) in [4.78, 5) is 6.04. The van der Waals surface area contributed by atoms with Crippen molar-refractivity contribution in [2.75, 3.05) is 11.9 Å². The van der Waals surface area contributed by atoms with E-state index in [1.807, 2.05) is 18.0 Å². The molecule has 0 amide bonds. The van der Waals surface area contributed by atoms with E-state index < -0.39 is 6.17 Å². The Balaban J connectivity index is 2.14. The molecule has 0 radical (unpaired) electrons. The molecular formula is C12H14FN3. The number of nitrogens with zero attached hydrogens (tertiary/aromatic N) is 3. The molecule has 1 aromatic heterocycles. The minimum Gasteiger partial charge on any atom is -0.354 e. The molecule has 0 bridgehead atoms. The number of aromatic nitrogens is 1. The zero-order valence-corrected chi connectivity index (χ0v) is 9.23. The molecular weight excluding hydrogens is 205 g/mol. The highest BCUT2D eigenvalue weighted by molar-refractivity contribution is 5.42. The summed E-state index contributed by atoms with van der Waals surface area (Å²) in [5, 5.41) is 8.66. The first-order chi connectivity index (χ1) is 7.72. The smallest absolute Gasteiger partial charge is 0.128 e. The average Bonchev–Trinajstić information content (AvgIpc) is 2.75. The third-order valence-electron chi connectivity index (χ3n) is 3.13. The van der Waals surface area contributed by atoms with E-state index in [2.05, 4.69) is 4.98 Å². The molecule has 1 aliphatic carbocycles. The molecule has 0 aromatic carbocycles. The minimum absolute atomic E-state index is 0.0690. The summed E-state index contributed by atoms with van der Waals surface area (Å²) in [6, 6.07) is 5.42. The van der Waals surface area contributed by atoms with Gasteiger partial charge in [0.1, 0.15) is 18.1 Å². The molecule has 2 atom stereocenters. The van der Waals surface area contributed by atoms with Crippen LogP contribution in [-0.4, -0.2) is 24.2 Å². The van der Waals surface area contributed by atoms with Gasteiger partial charge in [-0.2, -0.15) is 5.26 Å². The Hall–Kier alpha value is -1.63. The first-order valence-electron chi connectivity index (χ1n) is 5.45. The topological polar surface area (TPSA) is 39.9 Å². The molecule has 1 aliphatic rings. The van der Waals surface area contributed by atoms with Crippen molar-refractivity contribution < 1.29 is 4.39 Å². The summed E-state index contributed by atoms with van der Waals surface area (Å²) in [5.41, 5.74) is 0.528. The number of halogens is 1. The Morgan fingerprint density at radius 3 is 2.81 bits per heavy atom. The van der Waals surface area contributed by atoms with Crippen LogP contribution in [0.4, 0.5) is 10.2 Å². The fourth-order valence-corrected chi connectivity index (χ4v) is 2.16. The summed E-state index contributed by atoms with van der Waals surface area (Å²) in [7, 11) is 1.86. The Bertz CT molecular complexity index is 396. The van der Waals surface area contributed by atoms with E-state index in [1.54, 1.807) is 12.1 Å². The summed E-state index contributed by atoms with van der Waals surface area (Å²) in [6.45, 7) is 0. The third-order valence-corrected chi connectivity index (χ3v) is 3.13. The molecule has 3 nitrogen and oxygen atoms in total. The van der Waals surface area contributed by atoms with Gasteiger partial charge in [-0.25, -0.2) is 9.37 Å². The van der Waals surface area contributed by atoms with Gasteiger partial charge in [0, 0.05) is 13.2 Å². The van der Waals surface area contributed by atoms with E-state index in [0.717, 1.165) is 18.7 Å². The van der Waals surface area contributed by atoms with Gasteiger partial charge < -0.3 is 4.90 Å². The van der Waals surface area contributed by atoms with Crippen LogP contribution in [0, 0.1) is 11.3 Å². The van der Waals surface area contributed by atoms with Crippen LogP contribution in [0.2, 0.25) is 0 Å². The normalized spacial score (nSPS) is 24.1. The van der Waals surface area contributed by atoms with E-state index in [0.29, 0.717) is 12.0 Å². The molecule has 1 aromatic rings. The zero-order valence-electron chi connectivity index (χ0n) is 9.23. The molecule has 4 heteroatoms. The highest BCUT2D eigenvalue weighted by Crippen LogP contribution is 2.28. The van der Waals surface area contributed by atoms with Crippen LogP contribution in [-0.2, 0) is 0 Å². The van der Waals surface area contributed by atoms with Gasteiger partial charge in [0.25, 0.3) is 0 Å². The standard InChI is InChI=1S/C12H14FN3/c1-16(11-4-2-3-10(11)13)12-6-5-9(7-14)8-15-12/h5-6,8,10-11H,2-4H2,1H3. The average molecular weight is 219 g/mol. The lowest BCUT2D eigenvalue weighted by Crippen LogP contribution is -2.36. The number of rotatable bonds is 2. The number of hydrogen-bond donors (Lipinski definition) is 0. The van der Waals surface area contributed by atoms with Crippen molar-refractivity contribution >= 4 is 5.82 Å². The summed E-state index contributed by atoms with van der Waals surface area (Å²) in [6.07, 6.45) is 3.22. The van der Waals surface area contributed by atoms with Crippen LogP contribution in [0.5, 0.6) is 0 Å². The molecule has 1 fully saturated rings. The molecule has 0 spiro atoms. The SMILES string of the molecule is CN(c1ccc(C#N)cn1)C1CCCC1F. The summed E-state index contributed by atoms with van der Waals surface area (Å²) >= 11 is 0. The molecule has 16 heavy (non-hydrogen) atoms. The maximum atomic E-state index is 13.5. The van der Waals surface area contributed by atoms with Gasteiger partial charge in [-0.1, -0.05) is 0 Å². The highest BCUT2D eigenvalue weighted by atomic mass is 19.1. The maximum Gasteiger partial charge on any atom is 0.128 e. The van der Waals surface area contributed by atoms with Crippen LogP contribution in [0.25, 0.3) is 0 Å². The largest absolute Gasteiger partial charge is 0.354 e. The van der Waals surface area contributed by atoms with Crippen LogP contribution in [0.15, 0.2) is 18.3 Å². The van der Waals surface area contributed by atoms with Crippen LogP contribution in [0.3, 0.4) is 0 Å². The molecule has 0 N–H and O–H groups in total. The molecule has 2 rings (SSSR count). The Morgan fingerprint density at radius 2 is 2.31 bits per heavy atom. The summed E-state index contributed by atoms with van der Waals surface area (Å²) in [5.74, 6) is 0.730. The van der Waals surface area contributed by atoms with Crippen molar-refractivity contribution in [1.29, 1.82) is 5.26 Å². The number of pyridine rings is 1. The van der Waals surface area contributed by atoms with E-state index in [1.165, 1.54) is 6.20 Å². The lowest BCUT2D eigenvalue weighted by atomic mass is 10.2. The van der Waals surface area contributed by atoms with Crippen molar-refractivity contribution in [2.24, 2.45) is 0 Å². The lowest BCUT2D eigenvalue weighted by Gasteiger charge is -2.26. The lowest BCUT2D eigenvalue weighted by molar-refractivity contribution is 0.306. The second-order valence-electron chi connectivity index (χ2n) is 4.14. The molecule has 1 saturated carbocycles. The van der Waals surface area contributed by atoms with Gasteiger partial charge in [0.05, 0.1) is 11.6 Å². The Kier molecular flexibility index (Phi) is 3.04. The monoisotopic (exact) mass is 219 g/mol. The van der Waals surface area contributed by atoms with Crippen LogP contribution in [0.1, 0.15) is 24.8 Å². The second kappa shape index (κ2) is 4.48. The number of nitriles is 1.